The van der Waals surface area contributed by atoms with Gasteiger partial charge in [-0.1, -0.05) is 18.0 Å². The van der Waals surface area contributed by atoms with Crippen molar-refractivity contribution in [2.75, 3.05) is 6.54 Å². The SMILES string of the molecule is NCC1(Cc2nc3ccc(Cl)cc3n2C2CC2)CCC1. The normalized spacial score (nSPS) is 21.1. The van der Waals surface area contributed by atoms with Crippen LogP contribution >= 0.6 is 11.6 Å². The van der Waals surface area contributed by atoms with Gasteiger partial charge in [-0.25, -0.2) is 4.98 Å². The molecule has 2 fully saturated rings. The molecule has 1 aromatic heterocycles. The van der Waals surface area contributed by atoms with E-state index in [1.165, 1.54) is 43.4 Å². The molecule has 4 rings (SSSR count). The Balaban J connectivity index is 1.80. The van der Waals surface area contributed by atoms with Gasteiger partial charge in [-0.3, -0.25) is 0 Å². The van der Waals surface area contributed by atoms with E-state index in [2.05, 4.69) is 10.6 Å². The molecule has 3 nitrogen and oxygen atoms in total. The van der Waals surface area contributed by atoms with E-state index in [1.54, 1.807) is 0 Å². The molecule has 0 atom stereocenters. The van der Waals surface area contributed by atoms with Crippen molar-refractivity contribution < 1.29 is 0 Å². The van der Waals surface area contributed by atoms with Gasteiger partial charge < -0.3 is 10.3 Å². The molecular weight excluding hydrogens is 270 g/mol. The van der Waals surface area contributed by atoms with Crippen molar-refractivity contribution in [3.63, 3.8) is 0 Å². The molecule has 1 aromatic carbocycles. The van der Waals surface area contributed by atoms with E-state index >= 15 is 0 Å². The Labute approximate surface area is 124 Å². The van der Waals surface area contributed by atoms with E-state index in [9.17, 15) is 0 Å². The molecule has 4 heteroatoms. The lowest BCUT2D eigenvalue weighted by Crippen LogP contribution is -2.39. The van der Waals surface area contributed by atoms with Crippen molar-refractivity contribution >= 4 is 22.6 Å². The first-order valence-electron chi connectivity index (χ1n) is 7.57. The number of nitrogens with two attached hydrogens (primary N) is 1. The van der Waals surface area contributed by atoms with Crippen molar-refractivity contribution in [1.29, 1.82) is 0 Å². The van der Waals surface area contributed by atoms with E-state index in [-0.39, 0.29) is 0 Å². The van der Waals surface area contributed by atoms with Crippen molar-refractivity contribution in [2.45, 2.75) is 44.6 Å². The Morgan fingerprint density at radius 3 is 2.75 bits per heavy atom. The van der Waals surface area contributed by atoms with Crippen LogP contribution in [-0.2, 0) is 6.42 Å². The molecule has 0 bridgehead atoms. The zero-order valence-electron chi connectivity index (χ0n) is 11.6. The Bertz CT molecular complexity index is 648. The van der Waals surface area contributed by atoms with E-state index < -0.39 is 0 Å². The maximum atomic E-state index is 6.16. The van der Waals surface area contributed by atoms with Crippen molar-refractivity contribution in [2.24, 2.45) is 11.1 Å². The van der Waals surface area contributed by atoms with Gasteiger partial charge in [-0.2, -0.15) is 0 Å². The molecule has 2 aliphatic carbocycles. The van der Waals surface area contributed by atoms with Gasteiger partial charge in [0.05, 0.1) is 11.0 Å². The molecule has 0 radical (unpaired) electrons. The number of nitrogens with zero attached hydrogens (tertiary/aromatic N) is 2. The molecule has 20 heavy (non-hydrogen) atoms. The fraction of sp³-hybridized carbons (Fsp3) is 0.562. The topological polar surface area (TPSA) is 43.8 Å². The zero-order chi connectivity index (χ0) is 13.7. The standard InChI is InChI=1S/C16H20ClN3/c17-11-2-5-13-14(8-11)20(12-3-4-12)15(19-13)9-16(10-18)6-1-7-16/h2,5,8,12H,1,3-4,6-7,9-10,18H2. The van der Waals surface area contributed by atoms with Gasteiger partial charge in [0.15, 0.2) is 0 Å². The molecule has 2 aliphatic rings. The molecule has 106 valence electrons. The third-order valence-electron chi connectivity index (χ3n) is 5.02. The van der Waals surface area contributed by atoms with Gasteiger partial charge in [0.25, 0.3) is 0 Å². The van der Waals surface area contributed by atoms with Crippen LogP contribution in [0.5, 0.6) is 0 Å². The summed E-state index contributed by atoms with van der Waals surface area (Å²) in [5, 5.41) is 0.794. The Morgan fingerprint density at radius 1 is 1.35 bits per heavy atom. The second-order valence-corrected chi connectivity index (χ2v) is 6.93. The summed E-state index contributed by atoms with van der Waals surface area (Å²) in [6.07, 6.45) is 7.36. The summed E-state index contributed by atoms with van der Waals surface area (Å²) in [4.78, 5) is 4.88. The molecule has 0 aliphatic heterocycles. The molecule has 2 aromatic rings. The van der Waals surface area contributed by atoms with Crippen LogP contribution < -0.4 is 5.73 Å². The molecular formula is C16H20ClN3. The van der Waals surface area contributed by atoms with Gasteiger partial charge >= 0.3 is 0 Å². The average Bonchev–Trinajstić information content (AvgIpc) is 3.16. The number of imidazole rings is 1. The van der Waals surface area contributed by atoms with Gasteiger partial charge in [0.1, 0.15) is 5.82 Å². The number of rotatable bonds is 4. The lowest BCUT2D eigenvalue weighted by molar-refractivity contribution is 0.140. The highest BCUT2D eigenvalue weighted by atomic mass is 35.5. The summed E-state index contributed by atoms with van der Waals surface area (Å²) in [7, 11) is 0. The highest BCUT2D eigenvalue weighted by Gasteiger charge is 2.38. The highest BCUT2D eigenvalue weighted by molar-refractivity contribution is 6.31. The third-order valence-corrected chi connectivity index (χ3v) is 5.25. The van der Waals surface area contributed by atoms with Crippen LogP contribution in [0.4, 0.5) is 0 Å². The Hall–Kier alpha value is -1.06. The minimum Gasteiger partial charge on any atom is -0.330 e. The van der Waals surface area contributed by atoms with Crippen LogP contribution in [-0.4, -0.2) is 16.1 Å². The quantitative estimate of drug-likeness (QED) is 0.933. The van der Waals surface area contributed by atoms with Crippen molar-refractivity contribution in [3.8, 4) is 0 Å². The number of fused-ring (bicyclic) bond motifs is 1. The van der Waals surface area contributed by atoms with Gasteiger partial charge in [0, 0.05) is 17.5 Å². The van der Waals surface area contributed by atoms with Crippen LogP contribution in [0.2, 0.25) is 5.02 Å². The van der Waals surface area contributed by atoms with E-state index in [1.807, 2.05) is 12.1 Å². The first-order chi connectivity index (χ1) is 9.71. The largest absolute Gasteiger partial charge is 0.330 e. The highest BCUT2D eigenvalue weighted by Crippen LogP contribution is 2.45. The second kappa shape index (κ2) is 4.47. The first-order valence-corrected chi connectivity index (χ1v) is 7.95. The molecule has 0 amide bonds. The summed E-state index contributed by atoms with van der Waals surface area (Å²) in [6.45, 7) is 0.779. The van der Waals surface area contributed by atoms with Crippen LogP contribution in [0, 0.1) is 5.41 Å². The molecule has 0 unspecified atom stereocenters. The third kappa shape index (κ3) is 1.95. The molecule has 2 saturated carbocycles. The Kier molecular flexibility index (Phi) is 2.83. The summed E-state index contributed by atoms with van der Waals surface area (Å²) in [5.41, 5.74) is 8.59. The van der Waals surface area contributed by atoms with Crippen LogP contribution in [0.25, 0.3) is 11.0 Å². The number of hydrogen-bond acceptors (Lipinski definition) is 2. The number of halogens is 1. The minimum absolute atomic E-state index is 0.303. The molecule has 1 heterocycles. The predicted octanol–water partition coefficient (Wildman–Crippen LogP) is 3.70. The number of benzene rings is 1. The lowest BCUT2D eigenvalue weighted by Gasteiger charge is -2.40. The molecule has 0 saturated heterocycles. The predicted molar refractivity (Wildman–Crippen MR) is 82.1 cm³/mol. The van der Waals surface area contributed by atoms with Gasteiger partial charge in [-0.15, -0.1) is 0 Å². The fourth-order valence-electron chi connectivity index (χ4n) is 3.45. The zero-order valence-corrected chi connectivity index (χ0v) is 12.4. The van der Waals surface area contributed by atoms with Crippen molar-refractivity contribution in [3.05, 3.63) is 29.0 Å². The summed E-state index contributed by atoms with van der Waals surface area (Å²) < 4.78 is 2.43. The summed E-state index contributed by atoms with van der Waals surface area (Å²) >= 11 is 6.16. The van der Waals surface area contributed by atoms with E-state index in [0.717, 1.165) is 23.5 Å². The lowest BCUT2D eigenvalue weighted by atomic mass is 9.66. The first kappa shape index (κ1) is 12.7. The minimum atomic E-state index is 0.303. The summed E-state index contributed by atoms with van der Waals surface area (Å²) in [6, 6.07) is 6.65. The Morgan fingerprint density at radius 2 is 2.15 bits per heavy atom. The van der Waals surface area contributed by atoms with E-state index in [0.29, 0.717) is 11.5 Å². The van der Waals surface area contributed by atoms with Crippen LogP contribution in [0.1, 0.15) is 44.0 Å². The fourth-order valence-corrected chi connectivity index (χ4v) is 3.61. The van der Waals surface area contributed by atoms with Crippen LogP contribution in [0.15, 0.2) is 18.2 Å². The maximum Gasteiger partial charge on any atom is 0.110 e. The second-order valence-electron chi connectivity index (χ2n) is 6.50. The van der Waals surface area contributed by atoms with E-state index in [4.69, 9.17) is 22.3 Å². The van der Waals surface area contributed by atoms with Crippen molar-refractivity contribution in [1.82, 2.24) is 9.55 Å². The van der Waals surface area contributed by atoms with Gasteiger partial charge in [0.2, 0.25) is 0 Å². The molecule has 2 N–H and O–H groups in total. The molecule has 0 spiro atoms. The maximum absolute atomic E-state index is 6.16. The average molecular weight is 290 g/mol. The summed E-state index contributed by atoms with van der Waals surface area (Å²) in [5.74, 6) is 1.22. The number of aromatic nitrogens is 2. The number of hydrogen-bond donors (Lipinski definition) is 1. The smallest absolute Gasteiger partial charge is 0.110 e. The monoisotopic (exact) mass is 289 g/mol. The van der Waals surface area contributed by atoms with Crippen LogP contribution in [0.3, 0.4) is 0 Å². The van der Waals surface area contributed by atoms with Gasteiger partial charge in [-0.05, 0) is 55.8 Å².